The van der Waals surface area contributed by atoms with Crippen LogP contribution in [0.4, 0.5) is 4.39 Å². The van der Waals surface area contributed by atoms with Crippen LogP contribution in [0.5, 0.6) is 0 Å². The van der Waals surface area contributed by atoms with Crippen LogP contribution in [0.1, 0.15) is 50.5 Å². The topological polar surface area (TPSA) is 46.2 Å². The van der Waals surface area contributed by atoms with E-state index >= 15 is 0 Å². The fraction of sp³-hybridized carbons (Fsp3) is 0.542. The Morgan fingerprint density at radius 2 is 1.97 bits per heavy atom. The molecule has 1 N–H and O–H groups in total. The number of fused-ring (bicyclic) bond motifs is 3. The summed E-state index contributed by atoms with van der Waals surface area (Å²) in [4.78, 5) is 7.01. The normalized spacial score (nSPS) is 27.3. The highest BCUT2D eigenvalue weighted by atomic mass is 19.1. The zero-order valence-electron chi connectivity index (χ0n) is 18.1. The third-order valence-electron chi connectivity index (χ3n) is 7.32. The van der Waals surface area contributed by atoms with Gasteiger partial charge in [0.05, 0.1) is 5.52 Å². The number of rotatable bonds is 4. The molecule has 3 aromatic rings. The quantitative estimate of drug-likeness (QED) is 0.701. The first-order valence-electron chi connectivity index (χ1n) is 11.1. The average molecular weight is 411 g/mol. The van der Waals surface area contributed by atoms with Gasteiger partial charge in [0, 0.05) is 68.5 Å². The maximum atomic E-state index is 13.9. The molecule has 6 heteroatoms. The van der Waals surface area contributed by atoms with Crippen LogP contribution in [-0.4, -0.2) is 37.2 Å². The molecule has 0 amide bonds. The Balaban J connectivity index is 1.45. The van der Waals surface area contributed by atoms with Gasteiger partial charge in [0.25, 0.3) is 0 Å². The van der Waals surface area contributed by atoms with E-state index in [1.165, 1.54) is 12.0 Å². The van der Waals surface area contributed by atoms with Gasteiger partial charge in [0.2, 0.25) is 0 Å². The highest BCUT2D eigenvalue weighted by Crippen LogP contribution is 2.48. The van der Waals surface area contributed by atoms with Gasteiger partial charge >= 0.3 is 0 Å². The minimum Gasteiger partial charge on any atom is -0.381 e. The summed E-state index contributed by atoms with van der Waals surface area (Å²) in [6, 6.07) is 5.39. The summed E-state index contributed by atoms with van der Waals surface area (Å²) < 4.78 is 18.0. The van der Waals surface area contributed by atoms with Crippen LogP contribution < -0.4 is 0 Å². The zero-order chi connectivity index (χ0) is 21.0. The number of hydrogen-bond donors (Lipinski definition) is 1. The number of aromatic nitrogens is 3. The summed E-state index contributed by atoms with van der Waals surface area (Å²) in [7, 11) is 1.97. The average Bonchev–Trinajstić information content (AvgIpc) is 3.26. The lowest BCUT2D eigenvalue weighted by molar-refractivity contribution is -0.155. The summed E-state index contributed by atoms with van der Waals surface area (Å²) in [5, 5.41) is 12.9. The molecule has 0 spiro atoms. The van der Waals surface area contributed by atoms with Gasteiger partial charge in [-0.05, 0) is 50.5 Å². The first-order valence-corrected chi connectivity index (χ1v) is 11.1. The molecule has 160 valence electrons. The van der Waals surface area contributed by atoms with Gasteiger partial charge in [-0.15, -0.1) is 0 Å². The van der Waals surface area contributed by atoms with E-state index in [1.54, 1.807) is 18.3 Å². The Labute approximate surface area is 177 Å². The molecule has 2 aromatic heterocycles. The maximum absolute atomic E-state index is 13.9. The molecule has 2 atom stereocenters. The predicted molar refractivity (Wildman–Crippen MR) is 115 cm³/mol. The molecule has 1 saturated carbocycles. The Hall–Kier alpha value is -2.18. The number of halogens is 1. The van der Waals surface area contributed by atoms with Gasteiger partial charge in [-0.2, -0.15) is 0 Å². The van der Waals surface area contributed by atoms with Crippen LogP contribution in [-0.2, 0) is 19.2 Å². The van der Waals surface area contributed by atoms with Crippen LogP contribution in [0.3, 0.4) is 0 Å². The molecule has 30 heavy (non-hydrogen) atoms. The lowest BCUT2D eigenvalue weighted by atomic mass is 9.65. The molecule has 0 radical (unpaired) electrons. The summed E-state index contributed by atoms with van der Waals surface area (Å²) in [6.07, 6.45) is 9.11. The van der Waals surface area contributed by atoms with Gasteiger partial charge in [0.1, 0.15) is 17.2 Å². The molecule has 5 rings (SSSR count). The summed E-state index contributed by atoms with van der Waals surface area (Å²) in [5.41, 5.74) is 1.35. The molecule has 1 aliphatic carbocycles. The van der Waals surface area contributed by atoms with Crippen molar-refractivity contribution >= 4 is 10.9 Å². The highest BCUT2D eigenvalue weighted by molar-refractivity contribution is 5.84. The van der Waals surface area contributed by atoms with E-state index in [0.717, 1.165) is 49.2 Å². The third kappa shape index (κ3) is 3.00. The van der Waals surface area contributed by atoms with E-state index in [1.807, 2.05) is 23.9 Å². The Morgan fingerprint density at radius 3 is 2.60 bits per heavy atom. The molecule has 1 aromatic carbocycles. The fourth-order valence-electron chi connectivity index (χ4n) is 5.88. The standard InChI is InChI=1S/C24H31FN4O/c1-16(2)29-13-17(21-8-7-20(25)11-22(21)29)12-28-14-18-5-4-6-19(15-28)24(18,30)23-26-9-10-27(23)3/h7-11,13,16,18-19,30H,4-6,12,14-15H2,1-3H3. The van der Waals surface area contributed by atoms with Crippen molar-refractivity contribution in [1.29, 1.82) is 0 Å². The number of likely N-dealkylation sites (tertiary alicyclic amines) is 1. The van der Waals surface area contributed by atoms with Crippen LogP contribution in [0, 0.1) is 17.7 Å². The minimum atomic E-state index is -0.845. The van der Waals surface area contributed by atoms with Crippen molar-refractivity contribution in [2.45, 2.75) is 51.3 Å². The van der Waals surface area contributed by atoms with Crippen LogP contribution >= 0.6 is 0 Å². The molecule has 2 aliphatic rings. The number of benzene rings is 1. The molecule has 2 unspecified atom stereocenters. The van der Waals surface area contributed by atoms with E-state index in [2.05, 4.69) is 34.5 Å². The molecule has 2 fully saturated rings. The first-order chi connectivity index (χ1) is 14.4. The van der Waals surface area contributed by atoms with E-state index in [-0.39, 0.29) is 23.7 Å². The van der Waals surface area contributed by atoms with Crippen LogP contribution in [0.2, 0.25) is 0 Å². The van der Waals surface area contributed by atoms with Crippen molar-refractivity contribution in [3.05, 3.63) is 54.0 Å². The zero-order valence-corrected chi connectivity index (χ0v) is 18.1. The third-order valence-corrected chi connectivity index (χ3v) is 7.32. The number of aliphatic hydroxyl groups is 1. The van der Waals surface area contributed by atoms with Gasteiger partial charge in [-0.25, -0.2) is 9.37 Å². The second kappa shape index (κ2) is 7.20. The largest absolute Gasteiger partial charge is 0.381 e. The number of piperidine rings is 1. The van der Waals surface area contributed by atoms with Gasteiger partial charge < -0.3 is 14.2 Å². The molecular formula is C24H31FN4O. The lowest BCUT2D eigenvalue weighted by Gasteiger charge is -2.52. The Bertz CT molecular complexity index is 1050. The second-order valence-corrected chi connectivity index (χ2v) is 9.52. The molecule has 3 heterocycles. The van der Waals surface area contributed by atoms with Gasteiger partial charge in [-0.1, -0.05) is 6.42 Å². The molecule has 5 nitrogen and oxygen atoms in total. The van der Waals surface area contributed by atoms with Gasteiger partial charge in [0.15, 0.2) is 0 Å². The maximum Gasteiger partial charge on any atom is 0.141 e. The molecule has 1 saturated heterocycles. The lowest BCUT2D eigenvalue weighted by Crippen LogP contribution is -2.58. The summed E-state index contributed by atoms with van der Waals surface area (Å²) >= 11 is 0. The van der Waals surface area contributed by atoms with E-state index in [0.29, 0.717) is 0 Å². The monoisotopic (exact) mass is 410 g/mol. The fourth-order valence-corrected chi connectivity index (χ4v) is 5.88. The van der Waals surface area contributed by atoms with E-state index in [9.17, 15) is 9.50 Å². The van der Waals surface area contributed by atoms with Crippen molar-refractivity contribution in [2.75, 3.05) is 13.1 Å². The van der Waals surface area contributed by atoms with Crippen LogP contribution in [0.15, 0.2) is 36.8 Å². The Kier molecular flexibility index (Phi) is 4.75. The molecule has 2 bridgehead atoms. The van der Waals surface area contributed by atoms with Crippen molar-refractivity contribution in [1.82, 2.24) is 19.0 Å². The second-order valence-electron chi connectivity index (χ2n) is 9.52. The number of hydrogen-bond acceptors (Lipinski definition) is 3. The van der Waals surface area contributed by atoms with Crippen molar-refractivity contribution in [2.24, 2.45) is 18.9 Å². The molecular weight excluding hydrogens is 379 g/mol. The summed E-state index contributed by atoms with van der Waals surface area (Å²) in [6.45, 7) is 6.80. The highest BCUT2D eigenvalue weighted by Gasteiger charge is 2.53. The van der Waals surface area contributed by atoms with E-state index in [4.69, 9.17) is 0 Å². The molecule has 1 aliphatic heterocycles. The SMILES string of the molecule is CC(C)n1cc(CN2CC3CCCC(C2)C3(O)c2nccn2C)c2ccc(F)cc21. The van der Waals surface area contributed by atoms with Crippen LogP contribution in [0.25, 0.3) is 10.9 Å². The number of aryl methyl sites for hydroxylation is 1. The number of imidazole rings is 1. The van der Waals surface area contributed by atoms with E-state index < -0.39 is 5.60 Å². The number of nitrogens with zero attached hydrogens (tertiary/aromatic N) is 4. The Morgan fingerprint density at radius 1 is 1.23 bits per heavy atom. The minimum absolute atomic E-state index is 0.182. The van der Waals surface area contributed by atoms with Gasteiger partial charge in [-0.3, -0.25) is 4.90 Å². The van der Waals surface area contributed by atoms with Crippen molar-refractivity contribution in [3.63, 3.8) is 0 Å². The predicted octanol–water partition coefficient (Wildman–Crippen LogP) is 4.21. The smallest absolute Gasteiger partial charge is 0.141 e. The van der Waals surface area contributed by atoms with Crippen molar-refractivity contribution < 1.29 is 9.50 Å². The first kappa shape index (κ1) is 19.8. The summed E-state index contributed by atoms with van der Waals surface area (Å²) in [5.74, 6) is 0.981. The van der Waals surface area contributed by atoms with Crippen molar-refractivity contribution in [3.8, 4) is 0 Å².